The van der Waals surface area contributed by atoms with Crippen LogP contribution in [0.25, 0.3) is 0 Å². The highest BCUT2D eigenvalue weighted by Gasteiger charge is 2.31. The number of carbonyl (C=O) groups excluding carboxylic acids is 2. The van der Waals surface area contributed by atoms with Crippen molar-refractivity contribution >= 4 is 29.1 Å². The van der Waals surface area contributed by atoms with Crippen LogP contribution in [0.2, 0.25) is 5.02 Å². The third kappa shape index (κ3) is 5.02. The highest BCUT2D eigenvalue weighted by atomic mass is 35.5. The summed E-state index contributed by atoms with van der Waals surface area (Å²) in [5, 5.41) is 6.16. The Morgan fingerprint density at radius 1 is 1.21 bits per heavy atom. The Balaban J connectivity index is 1.57. The molecule has 2 aromatic carbocycles. The minimum absolute atomic E-state index is 0.0243. The van der Waals surface area contributed by atoms with Crippen molar-refractivity contribution < 1.29 is 22.8 Å². The summed E-state index contributed by atoms with van der Waals surface area (Å²) in [6.07, 6.45) is -4.33. The zero-order chi connectivity index (χ0) is 20.3. The maximum atomic E-state index is 12.7. The van der Waals surface area contributed by atoms with Gasteiger partial charge in [0, 0.05) is 23.2 Å². The lowest BCUT2D eigenvalue weighted by Gasteiger charge is -2.32. The maximum absolute atomic E-state index is 12.7. The van der Waals surface area contributed by atoms with E-state index >= 15 is 0 Å². The molecule has 2 amide bonds. The van der Waals surface area contributed by atoms with Gasteiger partial charge >= 0.3 is 6.18 Å². The normalized spacial score (nSPS) is 17.5. The van der Waals surface area contributed by atoms with E-state index in [1.165, 1.54) is 17.0 Å². The van der Waals surface area contributed by atoms with Gasteiger partial charge in [-0.25, -0.2) is 0 Å². The van der Waals surface area contributed by atoms with Crippen LogP contribution in [-0.4, -0.2) is 29.9 Å². The molecule has 148 valence electrons. The number of anilines is 1. The molecule has 1 aliphatic heterocycles. The molecule has 28 heavy (non-hydrogen) atoms. The van der Waals surface area contributed by atoms with Gasteiger partial charge in [-0.3, -0.25) is 14.9 Å². The lowest BCUT2D eigenvalue weighted by atomic mass is 10.0. The van der Waals surface area contributed by atoms with Crippen LogP contribution in [0.5, 0.6) is 0 Å². The highest BCUT2D eigenvalue weighted by Crippen LogP contribution is 2.30. The maximum Gasteiger partial charge on any atom is 0.416 e. The molecule has 9 heteroatoms. The van der Waals surface area contributed by atoms with Crippen LogP contribution in [0.3, 0.4) is 0 Å². The summed E-state index contributed by atoms with van der Waals surface area (Å²) in [6.45, 7) is -0.0996. The summed E-state index contributed by atoms with van der Waals surface area (Å²) in [5.74, 6) is -0.794. The predicted octanol–water partition coefficient (Wildman–Crippen LogP) is 3.82. The number of alkyl halides is 3. The largest absolute Gasteiger partial charge is 0.416 e. The average Bonchev–Trinajstić information content (AvgIpc) is 2.63. The number of benzene rings is 2. The molecule has 1 aliphatic rings. The van der Waals surface area contributed by atoms with Crippen LogP contribution in [0.1, 0.15) is 23.6 Å². The third-order valence-electron chi connectivity index (χ3n) is 4.34. The van der Waals surface area contributed by atoms with Crippen molar-refractivity contribution in [2.75, 3.05) is 18.5 Å². The first-order chi connectivity index (χ1) is 13.2. The summed E-state index contributed by atoms with van der Waals surface area (Å²) in [4.78, 5) is 25.8. The van der Waals surface area contributed by atoms with Gasteiger partial charge in [0.2, 0.25) is 11.8 Å². The van der Waals surface area contributed by atoms with Crippen molar-refractivity contribution in [1.82, 2.24) is 10.2 Å². The first-order valence-electron chi connectivity index (χ1n) is 8.46. The number of amides is 2. The van der Waals surface area contributed by atoms with E-state index in [9.17, 15) is 22.8 Å². The second-order valence-electron chi connectivity index (χ2n) is 6.39. The van der Waals surface area contributed by atoms with E-state index < -0.39 is 17.6 Å². The molecule has 0 aliphatic carbocycles. The van der Waals surface area contributed by atoms with E-state index in [-0.39, 0.29) is 37.3 Å². The van der Waals surface area contributed by atoms with E-state index in [4.69, 9.17) is 11.6 Å². The second kappa shape index (κ2) is 8.20. The lowest BCUT2D eigenvalue weighted by Crippen LogP contribution is -2.49. The first-order valence-corrected chi connectivity index (χ1v) is 8.84. The SMILES string of the molecule is O=C(CN1CNC(c2ccc(Cl)cc2)CC1=O)Nc1cccc(C(F)(F)F)c1. The summed E-state index contributed by atoms with van der Waals surface area (Å²) >= 11 is 5.86. The van der Waals surface area contributed by atoms with E-state index in [0.717, 1.165) is 17.7 Å². The van der Waals surface area contributed by atoms with Crippen LogP contribution < -0.4 is 10.6 Å². The molecule has 1 fully saturated rings. The van der Waals surface area contributed by atoms with Gasteiger partial charge in [0.05, 0.1) is 12.2 Å². The molecule has 1 unspecified atom stereocenters. The van der Waals surface area contributed by atoms with Gasteiger partial charge in [-0.05, 0) is 35.9 Å². The fraction of sp³-hybridized carbons (Fsp3) is 0.263. The van der Waals surface area contributed by atoms with Gasteiger partial charge in [0.15, 0.2) is 0 Å². The van der Waals surface area contributed by atoms with Gasteiger partial charge in [0.25, 0.3) is 0 Å². The zero-order valence-corrected chi connectivity index (χ0v) is 15.3. The Kier molecular flexibility index (Phi) is 5.90. The third-order valence-corrected chi connectivity index (χ3v) is 4.59. The van der Waals surface area contributed by atoms with Crippen LogP contribution in [-0.2, 0) is 15.8 Å². The molecule has 2 N–H and O–H groups in total. The molecule has 3 rings (SSSR count). The van der Waals surface area contributed by atoms with Gasteiger partial charge in [-0.15, -0.1) is 0 Å². The van der Waals surface area contributed by atoms with Gasteiger partial charge < -0.3 is 10.2 Å². The number of hydrogen-bond acceptors (Lipinski definition) is 3. The van der Waals surface area contributed by atoms with Crippen LogP contribution in [0, 0.1) is 0 Å². The minimum atomic E-state index is -4.50. The second-order valence-corrected chi connectivity index (χ2v) is 6.83. The molecule has 0 radical (unpaired) electrons. The van der Waals surface area contributed by atoms with Crippen LogP contribution in [0.15, 0.2) is 48.5 Å². The van der Waals surface area contributed by atoms with Crippen molar-refractivity contribution in [1.29, 1.82) is 0 Å². The monoisotopic (exact) mass is 411 g/mol. The Morgan fingerprint density at radius 2 is 1.93 bits per heavy atom. The Morgan fingerprint density at radius 3 is 2.57 bits per heavy atom. The molecule has 5 nitrogen and oxygen atoms in total. The molecule has 0 aromatic heterocycles. The van der Waals surface area contributed by atoms with Crippen molar-refractivity contribution in [3.8, 4) is 0 Å². The number of hydrogen-bond donors (Lipinski definition) is 2. The molecular formula is C19H17ClF3N3O2. The van der Waals surface area contributed by atoms with E-state index in [1.54, 1.807) is 12.1 Å². The van der Waals surface area contributed by atoms with E-state index in [0.29, 0.717) is 5.02 Å². The fourth-order valence-corrected chi connectivity index (χ4v) is 3.03. The van der Waals surface area contributed by atoms with E-state index in [2.05, 4.69) is 10.6 Å². The molecule has 1 atom stereocenters. The quantitative estimate of drug-likeness (QED) is 0.804. The molecule has 0 saturated carbocycles. The minimum Gasteiger partial charge on any atom is -0.325 e. The number of nitrogens with one attached hydrogen (secondary N) is 2. The van der Waals surface area contributed by atoms with Crippen molar-refractivity contribution in [2.24, 2.45) is 0 Å². The summed E-state index contributed by atoms with van der Waals surface area (Å²) < 4.78 is 38.2. The molecular weight excluding hydrogens is 395 g/mol. The molecule has 0 bridgehead atoms. The molecule has 1 saturated heterocycles. The lowest BCUT2D eigenvalue weighted by molar-refractivity contribution is -0.138. The number of rotatable bonds is 4. The van der Waals surface area contributed by atoms with Gasteiger partial charge in [-0.1, -0.05) is 29.8 Å². The van der Waals surface area contributed by atoms with Crippen LogP contribution in [0.4, 0.5) is 18.9 Å². The highest BCUT2D eigenvalue weighted by molar-refractivity contribution is 6.30. The molecule has 0 spiro atoms. The summed E-state index contributed by atoms with van der Waals surface area (Å²) in [7, 11) is 0. The summed E-state index contributed by atoms with van der Waals surface area (Å²) in [5.41, 5.74) is 0.0777. The number of carbonyl (C=O) groups is 2. The van der Waals surface area contributed by atoms with Gasteiger partial charge in [-0.2, -0.15) is 13.2 Å². The zero-order valence-electron chi connectivity index (χ0n) is 14.6. The number of nitrogens with zero attached hydrogens (tertiary/aromatic N) is 1. The first kappa shape index (κ1) is 20.2. The summed E-state index contributed by atoms with van der Waals surface area (Å²) in [6, 6.07) is 11.3. The smallest absolute Gasteiger partial charge is 0.325 e. The van der Waals surface area contributed by atoms with Crippen molar-refractivity contribution in [3.05, 3.63) is 64.7 Å². The Hall–Kier alpha value is -2.58. The van der Waals surface area contributed by atoms with E-state index in [1.807, 2.05) is 12.1 Å². The Bertz CT molecular complexity index is 871. The average molecular weight is 412 g/mol. The number of halogens is 4. The van der Waals surface area contributed by atoms with Crippen molar-refractivity contribution in [2.45, 2.75) is 18.6 Å². The topological polar surface area (TPSA) is 61.4 Å². The van der Waals surface area contributed by atoms with Gasteiger partial charge in [0.1, 0.15) is 6.54 Å². The predicted molar refractivity (Wildman–Crippen MR) is 98.6 cm³/mol. The fourth-order valence-electron chi connectivity index (χ4n) is 2.91. The Labute approximate surface area is 164 Å². The molecule has 1 heterocycles. The molecule has 2 aromatic rings. The van der Waals surface area contributed by atoms with Crippen LogP contribution >= 0.6 is 11.6 Å². The van der Waals surface area contributed by atoms with Crippen molar-refractivity contribution in [3.63, 3.8) is 0 Å². The standard InChI is InChI=1S/C19H17ClF3N3O2/c20-14-6-4-12(5-7-14)16-9-18(28)26(11-24-16)10-17(27)25-15-3-1-2-13(8-15)19(21,22)23/h1-8,16,24H,9-11H2,(H,25,27).